The second-order valence-electron chi connectivity index (χ2n) is 4.80. The average molecular weight is 243 g/mol. The Morgan fingerprint density at radius 2 is 2.06 bits per heavy atom. The van der Waals surface area contributed by atoms with E-state index in [0.717, 1.165) is 0 Å². The lowest BCUT2D eigenvalue weighted by molar-refractivity contribution is 0.0697. The van der Waals surface area contributed by atoms with E-state index in [2.05, 4.69) is 0 Å². The molecule has 88 valence electrons. The van der Waals surface area contributed by atoms with Gasteiger partial charge in [-0.3, -0.25) is 0 Å². The Balaban J connectivity index is 2.80. The molecular formula is C12H15ClO3. The Labute approximate surface area is 100.0 Å². The molecule has 0 heterocycles. The Hall–Kier alpha value is -1.22. The van der Waals surface area contributed by atoms with Crippen LogP contribution in [0.1, 0.15) is 31.1 Å². The van der Waals surface area contributed by atoms with Gasteiger partial charge in [0, 0.05) is 0 Å². The molecule has 0 spiro atoms. The number of ether oxygens (including phenoxy) is 1. The summed E-state index contributed by atoms with van der Waals surface area (Å²) in [6, 6.07) is 4.45. The summed E-state index contributed by atoms with van der Waals surface area (Å²) in [4.78, 5) is 10.7. The van der Waals surface area contributed by atoms with Crippen molar-refractivity contribution in [2.45, 2.75) is 20.8 Å². The Morgan fingerprint density at radius 3 is 2.50 bits per heavy atom. The molecule has 0 saturated heterocycles. The normalized spacial score (nSPS) is 11.2. The number of carbonyl (C=O) groups is 1. The molecule has 0 bridgehead atoms. The lowest BCUT2D eigenvalue weighted by Gasteiger charge is -2.19. The van der Waals surface area contributed by atoms with Gasteiger partial charge >= 0.3 is 5.97 Å². The van der Waals surface area contributed by atoms with Gasteiger partial charge in [0.05, 0.1) is 17.2 Å². The first-order valence-electron chi connectivity index (χ1n) is 4.95. The molecule has 16 heavy (non-hydrogen) atoms. The van der Waals surface area contributed by atoms with Crippen LogP contribution in [0.4, 0.5) is 0 Å². The van der Waals surface area contributed by atoms with Crippen LogP contribution in [0.3, 0.4) is 0 Å². The number of halogens is 1. The zero-order valence-electron chi connectivity index (χ0n) is 9.58. The van der Waals surface area contributed by atoms with Gasteiger partial charge in [-0.15, -0.1) is 0 Å². The number of aromatic carboxylic acids is 1. The van der Waals surface area contributed by atoms with E-state index in [4.69, 9.17) is 21.4 Å². The predicted molar refractivity (Wildman–Crippen MR) is 63.4 cm³/mol. The van der Waals surface area contributed by atoms with Gasteiger partial charge in [-0.1, -0.05) is 32.4 Å². The molecule has 0 saturated carbocycles. The molecule has 0 atom stereocenters. The van der Waals surface area contributed by atoms with Gasteiger partial charge < -0.3 is 9.84 Å². The Bertz CT molecular complexity index is 394. The third-order valence-corrected chi connectivity index (χ3v) is 2.13. The monoisotopic (exact) mass is 242 g/mol. The van der Waals surface area contributed by atoms with Gasteiger partial charge in [-0.2, -0.15) is 0 Å². The second-order valence-corrected chi connectivity index (χ2v) is 5.21. The smallest absolute Gasteiger partial charge is 0.335 e. The molecule has 0 aliphatic heterocycles. The van der Waals surface area contributed by atoms with E-state index in [-0.39, 0.29) is 11.0 Å². The quantitative estimate of drug-likeness (QED) is 0.883. The highest BCUT2D eigenvalue weighted by molar-refractivity contribution is 6.32. The average Bonchev–Trinajstić information content (AvgIpc) is 2.14. The number of benzene rings is 1. The lowest BCUT2D eigenvalue weighted by Crippen LogP contribution is -2.17. The van der Waals surface area contributed by atoms with Crippen LogP contribution in [0.5, 0.6) is 5.75 Å². The number of rotatable bonds is 3. The van der Waals surface area contributed by atoms with E-state index in [1.54, 1.807) is 6.07 Å². The van der Waals surface area contributed by atoms with Crippen molar-refractivity contribution in [2.75, 3.05) is 6.61 Å². The number of hydrogen-bond acceptors (Lipinski definition) is 2. The van der Waals surface area contributed by atoms with Gasteiger partial charge in [-0.25, -0.2) is 4.79 Å². The molecule has 0 aliphatic rings. The van der Waals surface area contributed by atoms with Crippen molar-refractivity contribution in [1.29, 1.82) is 0 Å². The zero-order chi connectivity index (χ0) is 12.3. The van der Waals surface area contributed by atoms with Crippen LogP contribution in [0, 0.1) is 5.41 Å². The second kappa shape index (κ2) is 4.74. The molecule has 1 aromatic carbocycles. The summed E-state index contributed by atoms with van der Waals surface area (Å²) >= 11 is 5.91. The summed E-state index contributed by atoms with van der Waals surface area (Å²) in [7, 11) is 0. The maximum Gasteiger partial charge on any atom is 0.335 e. The van der Waals surface area contributed by atoms with Gasteiger partial charge in [0.25, 0.3) is 0 Å². The van der Waals surface area contributed by atoms with Crippen LogP contribution in [0.2, 0.25) is 5.02 Å². The first-order chi connectivity index (χ1) is 7.29. The molecule has 0 amide bonds. The third-order valence-electron chi connectivity index (χ3n) is 1.84. The maximum absolute atomic E-state index is 10.7. The van der Waals surface area contributed by atoms with E-state index in [0.29, 0.717) is 17.4 Å². The van der Waals surface area contributed by atoms with Crippen molar-refractivity contribution >= 4 is 17.6 Å². The summed E-state index contributed by atoms with van der Waals surface area (Å²) in [5, 5.41) is 9.08. The fourth-order valence-corrected chi connectivity index (χ4v) is 1.28. The number of carboxylic acids is 1. The van der Waals surface area contributed by atoms with Gasteiger partial charge in [0.2, 0.25) is 0 Å². The highest BCUT2D eigenvalue weighted by atomic mass is 35.5. The minimum absolute atomic E-state index is 0.0365. The van der Waals surface area contributed by atoms with Crippen LogP contribution in [0.15, 0.2) is 18.2 Å². The Morgan fingerprint density at radius 1 is 1.44 bits per heavy atom. The first-order valence-corrected chi connectivity index (χ1v) is 5.33. The van der Waals surface area contributed by atoms with Crippen molar-refractivity contribution < 1.29 is 14.6 Å². The third kappa shape index (κ3) is 3.74. The maximum atomic E-state index is 10.7. The highest BCUT2D eigenvalue weighted by Crippen LogP contribution is 2.27. The summed E-state index contributed by atoms with van der Waals surface area (Å²) < 4.78 is 5.51. The minimum atomic E-state index is -0.996. The van der Waals surface area contributed by atoms with Crippen molar-refractivity contribution in [2.24, 2.45) is 5.41 Å². The van der Waals surface area contributed by atoms with Crippen LogP contribution >= 0.6 is 11.6 Å². The fraction of sp³-hybridized carbons (Fsp3) is 0.417. The molecule has 1 N–H and O–H groups in total. The topological polar surface area (TPSA) is 46.5 Å². The summed E-state index contributed by atoms with van der Waals surface area (Å²) in [6.45, 7) is 6.67. The number of carboxylic acid groups (broad SMARTS) is 1. The Kier molecular flexibility index (Phi) is 3.81. The zero-order valence-corrected chi connectivity index (χ0v) is 10.3. The largest absolute Gasteiger partial charge is 0.491 e. The number of hydrogen-bond donors (Lipinski definition) is 1. The van der Waals surface area contributed by atoms with Crippen molar-refractivity contribution in [3.8, 4) is 5.75 Å². The van der Waals surface area contributed by atoms with Crippen molar-refractivity contribution in [3.63, 3.8) is 0 Å². The van der Waals surface area contributed by atoms with Gasteiger partial charge in [0.15, 0.2) is 0 Å². The molecular weight excluding hydrogens is 228 g/mol. The molecule has 1 aromatic rings. The van der Waals surface area contributed by atoms with E-state index in [1.807, 2.05) is 20.8 Å². The van der Waals surface area contributed by atoms with Crippen molar-refractivity contribution in [3.05, 3.63) is 28.8 Å². The van der Waals surface area contributed by atoms with E-state index in [1.165, 1.54) is 12.1 Å². The summed E-state index contributed by atoms with van der Waals surface area (Å²) in [6.07, 6.45) is 0. The standard InChI is InChI=1S/C12H15ClO3/c1-12(2,3)7-16-10-5-4-8(11(14)15)6-9(10)13/h4-6H,7H2,1-3H3,(H,14,15). The lowest BCUT2D eigenvalue weighted by atomic mass is 9.99. The summed E-state index contributed by atoms with van der Waals surface area (Å²) in [5.41, 5.74) is 0.197. The molecule has 0 radical (unpaired) electrons. The molecule has 0 aliphatic carbocycles. The molecule has 1 rings (SSSR count). The van der Waals surface area contributed by atoms with E-state index in [9.17, 15) is 4.79 Å². The fourth-order valence-electron chi connectivity index (χ4n) is 1.05. The first kappa shape index (κ1) is 12.8. The molecule has 4 heteroatoms. The van der Waals surface area contributed by atoms with Gasteiger partial charge in [-0.05, 0) is 23.6 Å². The molecule has 3 nitrogen and oxygen atoms in total. The van der Waals surface area contributed by atoms with Crippen LogP contribution in [-0.2, 0) is 0 Å². The molecule has 0 fully saturated rings. The van der Waals surface area contributed by atoms with E-state index >= 15 is 0 Å². The van der Waals surface area contributed by atoms with Gasteiger partial charge in [0.1, 0.15) is 5.75 Å². The predicted octanol–water partition coefficient (Wildman–Crippen LogP) is 3.46. The van der Waals surface area contributed by atoms with E-state index < -0.39 is 5.97 Å². The van der Waals surface area contributed by atoms with Crippen LogP contribution in [-0.4, -0.2) is 17.7 Å². The highest BCUT2D eigenvalue weighted by Gasteiger charge is 2.13. The van der Waals surface area contributed by atoms with Crippen LogP contribution < -0.4 is 4.74 Å². The van der Waals surface area contributed by atoms with Crippen molar-refractivity contribution in [1.82, 2.24) is 0 Å². The van der Waals surface area contributed by atoms with Crippen LogP contribution in [0.25, 0.3) is 0 Å². The minimum Gasteiger partial charge on any atom is -0.491 e. The molecule has 0 aromatic heterocycles. The SMILES string of the molecule is CC(C)(C)COc1ccc(C(=O)O)cc1Cl. The summed E-state index contributed by atoms with van der Waals surface area (Å²) in [5.74, 6) is -0.481. The molecule has 0 unspecified atom stereocenters.